The van der Waals surface area contributed by atoms with Crippen LogP contribution < -0.4 is 0 Å². The van der Waals surface area contributed by atoms with Gasteiger partial charge < -0.3 is 10.0 Å². The molecule has 3 atom stereocenters. The Morgan fingerprint density at radius 3 is 1.76 bits per heavy atom. The predicted octanol–water partition coefficient (Wildman–Crippen LogP) is 6.75. The Balaban J connectivity index is 0.00000576. The number of aliphatic hydroxyl groups excluding tert-OH is 1. The fourth-order valence-electron chi connectivity index (χ4n) is 4.46. The maximum atomic E-state index is 10.3. The highest BCUT2D eigenvalue weighted by Crippen LogP contribution is 2.31. The standard InChI is InChI=1S/C22H45NO.BrH/c1-4-5-6-7-8-9-10-11-12-13-14-18-21(23(2)3)20-17-15-16-19-22(20)24;/h20-22,24H,4-19H2,1-3H3;1H. The summed E-state index contributed by atoms with van der Waals surface area (Å²) in [5, 5.41) is 10.3. The van der Waals surface area contributed by atoms with Crippen molar-refractivity contribution in [2.45, 2.75) is 122 Å². The first kappa shape index (κ1) is 25.4. The molecule has 0 bridgehead atoms. The first-order valence-electron chi connectivity index (χ1n) is 11.0. The number of halogens is 1. The van der Waals surface area contributed by atoms with Crippen molar-refractivity contribution in [3.8, 4) is 0 Å². The molecule has 1 aliphatic carbocycles. The molecule has 152 valence electrons. The van der Waals surface area contributed by atoms with Gasteiger partial charge >= 0.3 is 0 Å². The van der Waals surface area contributed by atoms with Crippen LogP contribution in [0.5, 0.6) is 0 Å². The molecule has 0 aliphatic heterocycles. The van der Waals surface area contributed by atoms with Crippen LogP contribution in [0.4, 0.5) is 0 Å². The average Bonchev–Trinajstić information content (AvgIpc) is 2.57. The van der Waals surface area contributed by atoms with E-state index in [1.165, 1.54) is 96.3 Å². The number of aliphatic hydroxyl groups is 1. The van der Waals surface area contributed by atoms with Crippen LogP contribution in [-0.4, -0.2) is 36.2 Å². The van der Waals surface area contributed by atoms with Crippen LogP contribution >= 0.6 is 17.0 Å². The van der Waals surface area contributed by atoms with E-state index in [2.05, 4.69) is 25.9 Å². The van der Waals surface area contributed by atoms with E-state index in [0.717, 1.165) is 6.42 Å². The Morgan fingerprint density at radius 2 is 1.28 bits per heavy atom. The summed E-state index contributed by atoms with van der Waals surface area (Å²) in [5.74, 6) is 0.511. The third-order valence-electron chi connectivity index (χ3n) is 6.04. The minimum Gasteiger partial charge on any atom is -0.393 e. The van der Waals surface area contributed by atoms with Crippen molar-refractivity contribution >= 4 is 17.0 Å². The van der Waals surface area contributed by atoms with E-state index in [1.807, 2.05) is 0 Å². The third-order valence-corrected chi connectivity index (χ3v) is 6.04. The topological polar surface area (TPSA) is 23.5 Å². The van der Waals surface area contributed by atoms with Crippen LogP contribution in [0.15, 0.2) is 0 Å². The zero-order chi connectivity index (χ0) is 17.6. The lowest BCUT2D eigenvalue weighted by Gasteiger charge is -2.38. The molecule has 0 amide bonds. The molecule has 1 rings (SSSR count). The van der Waals surface area contributed by atoms with Gasteiger partial charge in [-0.05, 0) is 33.4 Å². The van der Waals surface area contributed by atoms with Crippen LogP contribution in [0.25, 0.3) is 0 Å². The SMILES string of the molecule is Br.CCCCCCCCCCCCCC(C1CCCCC1O)N(C)C. The van der Waals surface area contributed by atoms with E-state index in [0.29, 0.717) is 12.0 Å². The minimum absolute atomic E-state index is 0. The van der Waals surface area contributed by atoms with Crippen LogP contribution in [0.1, 0.15) is 110 Å². The van der Waals surface area contributed by atoms with Gasteiger partial charge in [0.2, 0.25) is 0 Å². The fourth-order valence-corrected chi connectivity index (χ4v) is 4.46. The summed E-state index contributed by atoms with van der Waals surface area (Å²) < 4.78 is 0. The summed E-state index contributed by atoms with van der Waals surface area (Å²) in [7, 11) is 4.40. The predicted molar refractivity (Wildman–Crippen MR) is 117 cm³/mol. The molecule has 0 aromatic rings. The van der Waals surface area contributed by atoms with Crippen molar-refractivity contribution < 1.29 is 5.11 Å². The lowest BCUT2D eigenvalue weighted by molar-refractivity contribution is 0.0194. The fraction of sp³-hybridized carbons (Fsp3) is 1.00. The van der Waals surface area contributed by atoms with Gasteiger partial charge in [0.1, 0.15) is 0 Å². The van der Waals surface area contributed by atoms with E-state index in [1.54, 1.807) is 0 Å². The summed E-state index contributed by atoms with van der Waals surface area (Å²) in [6.07, 6.45) is 21.5. The largest absolute Gasteiger partial charge is 0.393 e. The Kier molecular flexibility index (Phi) is 16.8. The van der Waals surface area contributed by atoms with E-state index >= 15 is 0 Å². The third kappa shape index (κ3) is 11.7. The van der Waals surface area contributed by atoms with Crippen molar-refractivity contribution in [1.82, 2.24) is 4.90 Å². The maximum absolute atomic E-state index is 10.3. The number of rotatable bonds is 14. The molecule has 1 fully saturated rings. The van der Waals surface area contributed by atoms with Crippen molar-refractivity contribution in [3.05, 3.63) is 0 Å². The minimum atomic E-state index is -0.0566. The number of hydrogen-bond acceptors (Lipinski definition) is 2. The summed E-state index contributed by atoms with van der Waals surface area (Å²) in [6, 6.07) is 0.582. The second kappa shape index (κ2) is 16.6. The van der Waals surface area contributed by atoms with E-state index in [-0.39, 0.29) is 23.1 Å². The van der Waals surface area contributed by atoms with Gasteiger partial charge in [0.05, 0.1) is 6.10 Å². The lowest BCUT2D eigenvalue weighted by atomic mass is 9.79. The molecule has 0 heterocycles. The van der Waals surface area contributed by atoms with Crippen molar-refractivity contribution in [2.75, 3.05) is 14.1 Å². The Labute approximate surface area is 168 Å². The van der Waals surface area contributed by atoms with Crippen molar-refractivity contribution in [3.63, 3.8) is 0 Å². The number of nitrogens with zero attached hydrogens (tertiary/aromatic N) is 1. The molecule has 1 N–H and O–H groups in total. The van der Waals surface area contributed by atoms with Gasteiger partial charge in [-0.15, -0.1) is 17.0 Å². The summed E-state index contributed by atoms with van der Waals surface area (Å²) in [4.78, 5) is 2.37. The molecule has 0 spiro atoms. The quantitative estimate of drug-likeness (QED) is 0.314. The first-order chi connectivity index (χ1) is 11.7. The van der Waals surface area contributed by atoms with Crippen LogP contribution in [-0.2, 0) is 0 Å². The molecule has 0 aromatic carbocycles. The number of unbranched alkanes of at least 4 members (excludes halogenated alkanes) is 10. The molecule has 25 heavy (non-hydrogen) atoms. The van der Waals surface area contributed by atoms with Crippen molar-refractivity contribution in [1.29, 1.82) is 0 Å². The van der Waals surface area contributed by atoms with E-state index in [4.69, 9.17) is 0 Å². The lowest BCUT2D eigenvalue weighted by Crippen LogP contribution is -2.42. The zero-order valence-electron chi connectivity index (χ0n) is 17.3. The highest BCUT2D eigenvalue weighted by Gasteiger charge is 2.31. The van der Waals surface area contributed by atoms with Gasteiger partial charge in [0.15, 0.2) is 0 Å². The molecule has 0 saturated heterocycles. The molecule has 1 saturated carbocycles. The van der Waals surface area contributed by atoms with Crippen LogP contribution in [0, 0.1) is 5.92 Å². The maximum Gasteiger partial charge on any atom is 0.0583 e. The smallest absolute Gasteiger partial charge is 0.0583 e. The highest BCUT2D eigenvalue weighted by atomic mass is 79.9. The van der Waals surface area contributed by atoms with E-state index in [9.17, 15) is 5.11 Å². The second-order valence-corrected chi connectivity index (χ2v) is 8.37. The highest BCUT2D eigenvalue weighted by molar-refractivity contribution is 8.93. The number of hydrogen-bond donors (Lipinski definition) is 1. The molecule has 0 aromatic heterocycles. The molecule has 3 unspecified atom stereocenters. The molecule has 1 aliphatic rings. The molecular weight excluding hydrogens is 374 g/mol. The van der Waals surface area contributed by atoms with Crippen molar-refractivity contribution in [2.24, 2.45) is 5.92 Å². The average molecular weight is 421 g/mol. The molecule has 3 heteroatoms. The van der Waals surface area contributed by atoms with Gasteiger partial charge in [-0.3, -0.25) is 0 Å². The molecule has 2 nitrogen and oxygen atoms in total. The Bertz CT molecular complexity index is 285. The van der Waals surface area contributed by atoms with Gasteiger partial charge in [-0.2, -0.15) is 0 Å². The second-order valence-electron chi connectivity index (χ2n) is 8.37. The summed E-state index contributed by atoms with van der Waals surface area (Å²) in [6.45, 7) is 2.29. The normalized spacial score (nSPS) is 22.0. The van der Waals surface area contributed by atoms with Crippen LogP contribution in [0.2, 0.25) is 0 Å². The Morgan fingerprint density at radius 1 is 0.800 bits per heavy atom. The summed E-state index contributed by atoms with van der Waals surface area (Å²) in [5.41, 5.74) is 0. The van der Waals surface area contributed by atoms with Gasteiger partial charge in [0, 0.05) is 12.0 Å². The van der Waals surface area contributed by atoms with Gasteiger partial charge in [0.25, 0.3) is 0 Å². The first-order valence-corrected chi connectivity index (χ1v) is 11.0. The monoisotopic (exact) mass is 419 g/mol. The molecular formula is C22H46BrNO. The summed E-state index contributed by atoms with van der Waals surface area (Å²) >= 11 is 0. The molecule has 0 radical (unpaired) electrons. The zero-order valence-corrected chi connectivity index (χ0v) is 19.1. The Hall–Kier alpha value is 0.400. The van der Waals surface area contributed by atoms with Crippen LogP contribution in [0.3, 0.4) is 0 Å². The van der Waals surface area contributed by atoms with Gasteiger partial charge in [-0.25, -0.2) is 0 Å². The van der Waals surface area contributed by atoms with Gasteiger partial charge in [-0.1, -0.05) is 90.4 Å². The van der Waals surface area contributed by atoms with E-state index < -0.39 is 0 Å².